The first-order valence-electron chi connectivity index (χ1n) is 13.2. The second-order valence-corrected chi connectivity index (χ2v) is 10.6. The SMILES string of the molecule is CC(OC[C@@H](O)CNC(C)(C)Cc1ccc2ccccc2c1)c1ccccc1-c1ccc(C(=O)O)c([N+](=O)[O-])c1. The molecule has 208 valence electrons. The quantitative estimate of drug-likeness (QED) is 0.145. The third-order valence-corrected chi connectivity index (χ3v) is 6.95. The van der Waals surface area contributed by atoms with Crippen molar-refractivity contribution in [2.24, 2.45) is 0 Å². The van der Waals surface area contributed by atoms with Gasteiger partial charge in [0.25, 0.3) is 5.69 Å². The Morgan fingerprint density at radius 3 is 2.42 bits per heavy atom. The Balaban J connectivity index is 1.37. The molecule has 0 aromatic heterocycles. The number of carboxylic acid groups (broad SMARTS) is 1. The van der Waals surface area contributed by atoms with Crippen molar-refractivity contribution in [3.8, 4) is 11.1 Å². The second-order valence-electron chi connectivity index (χ2n) is 10.6. The summed E-state index contributed by atoms with van der Waals surface area (Å²) in [5.41, 5.74) is 2.11. The van der Waals surface area contributed by atoms with Crippen LogP contribution in [0.4, 0.5) is 5.69 Å². The number of nitro benzene ring substituents is 1. The zero-order chi connectivity index (χ0) is 28.9. The van der Waals surface area contributed by atoms with Crippen molar-refractivity contribution >= 4 is 22.4 Å². The van der Waals surface area contributed by atoms with Gasteiger partial charge in [-0.2, -0.15) is 0 Å². The molecule has 1 unspecified atom stereocenters. The predicted molar refractivity (Wildman–Crippen MR) is 156 cm³/mol. The first-order chi connectivity index (χ1) is 19.0. The fraction of sp³-hybridized carbons (Fsp3) is 0.281. The van der Waals surface area contributed by atoms with Gasteiger partial charge in [0, 0.05) is 18.2 Å². The van der Waals surface area contributed by atoms with Crippen molar-refractivity contribution in [2.45, 2.75) is 44.9 Å². The number of benzene rings is 4. The van der Waals surface area contributed by atoms with E-state index in [1.165, 1.54) is 28.5 Å². The van der Waals surface area contributed by atoms with Gasteiger partial charge < -0.3 is 20.3 Å². The largest absolute Gasteiger partial charge is 0.477 e. The molecule has 0 aliphatic heterocycles. The number of nitrogens with one attached hydrogen (secondary N) is 1. The minimum absolute atomic E-state index is 0.0899. The summed E-state index contributed by atoms with van der Waals surface area (Å²) in [6.45, 7) is 6.49. The lowest BCUT2D eigenvalue weighted by molar-refractivity contribution is -0.385. The second kappa shape index (κ2) is 12.4. The van der Waals surface area contributed by atoms with Crippen LogP contribution in [-0.2, 0) is 11.2 Å². The minimum atomic E-state index is -1.36. The van der Waals surface area contributed by atoms with Gasteiger partial charge in [-0.3, -0.25) is 10.1 Å². The zero-order valence-electron chi connectivity index (χ0n) is 22.8. The van der Waals surface area contributed by atoms with Crippen LogP contribution in [0.1, 0.15) is 48.4 Å². The Morgan fingerprint density at radius 2 is 1.70 bits per heavy atom. The maximum atomic E-state index is 11.5. The summed E-state index contributed by atoms with van der Waals surface area (Å²) in [5, 5.41) is 37.3. The molecular weight excluding hydrogens is 508 g/mol. The van der Waals surface area contributed by atoms with Gasteiger partial charge >= 0.3 is 5.97 Å². The Hall–Kier alpha value is -4.11. The first-order valence-corrected chi connectivity index (χ1v) is 13.2. The van der Waals surface area contributed by atoms with Crippen molar-refractivity contribution < 1.29 is 24.7 Å². The molecule has 40 heavy (non-hydrogen) atoms. The van der Waals surface area contributed by atoms with Crippen molar-refractivity contribution in [1.82, 2.24) is 5.32 Å². The van der Waals surface area contributed by atoms with Crippen LogP contribution in [0.5, 0.6) is 0 Å². The average molecular weight is 543 g/mol. The Labute approximate surface area is 233 Å². The maximum absolute atomic E-state index is 11.5. The molecule has 8 heteroatoms. The number of fused-ring (bicyclic) bond motifs is 1. The van der Waals surface area contributed by atoms with E-state index in [0.29, 0.717) is 17.7 Å². The highest BCUT2D eigenvalue weighted by molar-refractivity contribution is 5.93. The van der Waals surface area contributed by atoms with E-state index in [4.69, 9.17) is 4.74 Å². The van der Waals surface area contributed by atoms with Crippen molar-refractivity contribution in [1.29, 1.82) is 0 Å². The molecule has 0 spiro atoms. The lowest BCUT2D eigenvalue weighted by Crippen LogP contribution is -2.46. The highest BCUT2D eigenvalue weighted by Crippen LogP contribution is 2.33. The number of nitrogens with zero attached hydrogens (tertiary/aromatic N) is 1. The van der Waals surface area contributed by atoms with Crippen LogP contribution in [0.15, 0.2) is 84.9 Å². The van der Waals surface area contributed by atoms with Gasteiger partial charge in [0.2, 0.25) is 0 Å². The number of β-amino-alcohol motifs (C(OH)–C–C–N with tert-alkyl or cyclic N) is 1. The molecule has 4 aromatic rings. The first kappa shape index (κ1) is 28.9. The monoisotopic (exact) mass is 542 g/mol. The van der Waals surface area contributed by atoms with Gasteiger partial charge in [0.05, 0.1) is 23.7 Å². The maximum Gasteiger partial charge on any atom is 0.342 e. The summed E-state index contributed by atoms with van der Waals surface area (Å²) < 4.78 is 6.01. The number of ether oxygens (including phenoxy) is 1. The lowest BCUT2D eigenvalue weighted by atomic mass is 9.93. The van der Waals surface area contributed by atoms with Crippen LogP contribution in [0.3, 0.4) is 0 Å². The Morgan fingerprint density at radius 1 is 1.00 bits per heavy atom. The summed E-state index contributed by atoms with van der Waals surface area (Å²) in [4.78, 5) is 22.2. The van der Waals surface area contributed by atoms with E-state index >= 15 is 0 Å². The van der Waals surface area contributed by atoms with Gasteiger partial charge in [-0.25, -0.2) is 4.79 Å². The highest BCUT2D eigenvalue weighted by Gasteiger charge is 2.23. The van der Waals surface area contributed by atoms with Gasteiger partial charge in [-0.1, -0.05) is 72.8 Å². The number of nitro groups is 1. The summed E-state index contributed by atoms with van der Waals surface area (Å²) in [6.07, 6.45) is -0.377. The number of aromatic carboxylic acids is 1. The summed E-state index contributed by atoms with van der Waals surface area (Å²) in [6, 6.07) is 26.1. The van der Waals surface area contributed by atoms with E-state index < -0.39 is 28.8 Å². The summed E-state index contributed by atoms with van der Waals surface area (Å²) in [5.74, 6) is -1.36. The zero-order valence-corrected chi connectivity index (χ0v) is 22.8. The molecule has 0 saturated carbocycles. The molecule has 0 saturated heterocycles. The summed E-state index contributed by atoms with van der Waals surface area (Å²) >= 11 is 0. The molecule has 8 nitrogen and oxygen atoms in total. The van der Waals surface area contributed by atoms with Crippen molar-refractivity contribution in [3.63, 3.8) is 0 Å². The molecule has 3 N–H and O–H groups in total. The van der Waals surface area contributed by atoms with E-state index in [-0.39, 0.29) is 17.7 Å². The standard InChI is InChI=1S/C32H34N2O6/c1-21(27-10-6-7-11-28(27)25-14-15-29(31(36)37)30(17-25)34(38)39)40-20-26(35)19-33-32(2,3)18-22-12-13-23-8-4-5-9-24(23)16-22/h4-17,21,26,33,35H,18-20H2,1-3H3,(H,36,37)/t21?,26-/m0/s1. The molecule has 0 bridgehead atoms. The molecule has 0 amide bonds. The van der Waals surface area contributed by atoms with Gasteiger partial charge in [0.1, 0.15) is 5.56 Å². The molecular formula is C32H34N2O6. The van der Waals surface area contributed by atoms with E-state index in [1.807, 2.05) is 37.3 Å². The number of carbonyl (C=O) groups is 1. The highest BCUT2D eigenvalue weighted by atomic mass is 16.6. The number of aliphatic hydroxyl groups is 1. The molecule has 4 aromatic carbocycles. The summed E-state index contributed by atoms with van der Waals surface area (Å²) in [7, 11) is 0. The molecule has 0 radical (unpaired) electrons. The lowest BCUT2D eigenvalue weighted by Gasteiger charge is -2.28. The third-order valence-electron chi connectivity index (χ3n) is 6.95. The fourth-order valence-corrected chi connectivity index (χ4v) is 4.87. The number of carboxylic acids is 1. The predicted octanol–water partition coefficient (Wildman–Crippen LogP) is 6.16. The average Bonchev–Trinajstić information content (AvgIpc) is 2.94. The molecule has 4 rings (SSSR count). The Bertz CT molecular complexity index is 1520. The van der Waals surface area contributed by atoms with Gasteiger partial charge in [-0.15, -0.1) is 0 Å². The van der Waals surface area contributed by atoms with Gasteiger partial charge in [-0.05, 0) is 66.3 Å². The van der Waals surface area contributed by atoms with E-state index in [9.17, 15) is 25.1 Å². The molecule has 0 aliphatic carbocycles. The minimum Gasteiger partial charge on any atom is -0.477 e. The van der Waals surface area contributed by atoms with E-state index in [1.54, 1.807) is 12.1 Å². The molecule has 0 aliphatic rings. The normalized spacial score (nSPS) is 13.2. The van der Waals surface area contributed by atoms with Crippen LogP contribution in [0.2, 0.25) is 0 Å². The molecule has 2 atom stereocenters. The van der Waals surface area contributed by atoms with Crippen LogP contribution in [-0.4, -0.2) is 45.9 Å². The molecule has 0 fully saturated rings. The van der Waals surface area contributed by atoms with Crippen LogP contribution in [0, 0.1) is 10.1 Å². The van der Waals surface area contributed by atoms with Crippen LogP contribution >= 0.6 is 0 Å². The fourth-order valence-electron chi connectivity index (χ4n) is 4.87. The number of aliphatic hydroxyl groups excluding tert-OH is 1. The number of hydrogen-bond acceptors (Lipinski definition) is 6. The molecule has 0 heterocycles. The topological polar surface area (TPSA) is 122 Å². The van der Waals surface area contributed by atoms with Crippen LogP contribution in [0.25, 0.3) is 21.9 Å². The third kappa shape index (κ3) is 7.09. The Kier molecular flexibility index (Phi) is 8.94. The smallest absolute Gasteiger partial charge is 0.342 e. The van der Waals surface area contributed by atoms with Crippen LogP contribution < -0.4 is 5.32 Å². The number of rotatable bonds is 12. The van der Waals surface area contributed by atoms with E-state index in [0.717, 1.165) is 12.0 Å². The van der Waals surface area contributed by atoms with E-state index in [2.05, 4.69) is 49.5 Å². The van der Waals surface area contributed by atoms with Gasteiger partial charge in [0.15, 0.2) is 0 Å². The number of hydrogen-bond donors (Lipinski definition) is 3. The van der Waals surface area contributed by atoms with Crippen molar-refractivity contribution in [3.05, 3.63) is 112 Å². The van der Waals surface area contributed by atoms with Crippen molar-refractivity contribution in [2.75, 3.05) is 13.2 Å².